The van der Waals surface area contributed by atoms with Crippen molar-refractivity contribution in [3.8, 4) is 12.3 Å². The number of rotatable bonds is 4. The Bertz CT molecular complexity index is 527. The molecule has 0 aliphatic carbocycles. The van der Waals surface area contributed by atoms with E-state index in [1.165, 1.54) is 0 Å². The van der Waals surface area contributed by atoms with E-state index in [0.29, 0.717) is 5.56 Å². The fourth-order valence-electron chi connectivity index (χ4n) is 1.61. The van der Waals surface area contributed by atoms with Gasteiger partial charge in [-0.05, 0) is 26.3 Å². The first-order valence-corrected chi connectivity index (χ1v) is 6.59. The Hall–Kier alpha value is -2.48. The Morgan fingerprint density at radius 1 is 1.29 bits per heavy atom. The number of ether oxygens (including phenoxy) is 1. The minimum absolute atomic E-state index is 0.0954. The van der Waals surface area contributed by atoms with Crippen LogP contribution in [0.1, 0.15) is 32.4 Å². The first-order chi connectivity index (χ1) is 9.83. The minimum Gasteiger partial charge on any atom is -0.444 e. The largest absolute Gasteiger partial charge is 0.444 e. The van der Waals surface area contributed by atoms with Gasteiger partial charge in [-0.1, -0.05) is 36.3 Å². The highest BCUT2D eigenvalue weighted by molar-refractivity contribution is 5.87. The van der Waals surface area contributed by atoms with E-state index in [-0.39, 0.29) is 12.5 Å². The lowest BCUT2D eigenvalue weighted by atomic mass is 10.1. The number of carbonyl (C=O) groups excluding carboxylic acids is 2. The quantitative estimate of drug-likeness (QED) is 0.833. The third-order valence-corrected chi connectivity index (χ3v) is 2.42. The lowest BCUT2D eigenvalue weighted by molar-refractivity contribution is -0.123. The summed E-state index contributed by atoms with van der Waals surface area (Å²) >= 11 is 0. The van der Waals surface area contributed by atoms with E-state index in [4.69, 9.17) is 11.2 Å². The van der Waals surface area contributed by atoms with Gasteiger partial charge < -0.3 is 15.4 Å². The van der Waals surface area contributed by atoms with Gasteiger partial charge in [-0.3, -0.25) is 4.79 Å². The molecule has 0 aliphatic rings. The van der Waals surface area contributed by atoms with Crippen LogP contribution in [0.5, 0.6) is 0 Å². The second kappa shape index (κ2) is 7.34. The molecule has 1 rings (SSSR count). The molecule has 5 heteroatoms. The van der Waals surface area contributed by atoms with Crippen LogP contribution >= 0.6 is 0 Å². The molecule has 1 aromatic carbocycles. The van der Waals surface area contributed by atoms with Gasteiger partial charge in [0.25, 0.3) is 0 Å². The number of nitrogens with one attached hydrogen (secondary N) is 2. The molecule has 0 fully saturated rings. The summed E-state index contributed by atoms with van der Waals surface area (Å²) in [6, 6.07) is 8.04. The third kappa shape index (κ3) is 6.00. The molecule has 0 bridgehead atoms. The Kier molecular flexibility index (Phi) is 5.79. The lowest BCUT2D eigenvalue weighted by Gasteiger charge is -2.23. The first-order valence-electron chi connectivity index (χ1n) is 6.59. The van der Waals surface area contributed by atoms with Crippen molar-refractivity contribution in [2.45, 2.75) is 32.4 Å². The summed E-state index contributed by atoms with van der Waals surface area (Å²) in [5.74, 6) is 1.94. The Morgan fingerprint density at radius 2 is 1.90 bits per heavy atom. The van der Waals surface area contributed by atoms with Crippen LogP contribution in [0.3, 0.4) is 0 Å². The standard InChI is InChI=1S/C16H20N2O3/c1-5-11-17-14(19)13(12-9-7-6-8-10-12)18-15(20)21-16(2,3)4/h1,6-10,13H,11H2,2-4H3,(H,17,19)(H,18,20)/t13-/m1/s1. The number of benzene rings is 1. The van der Waals surface area contributed by atoms with Gasteiger partial charge in [0.15, 0.2) is 0 Å². The van der Waals surface area contributed by atoms with Gasteiger partial charge in [-0.15, -0.1) is 6.42 Å². The van der Waals surface area contributed by atoms with Gasteiger partial charge in [0.1, 0.15) is 11.6 Å². The number of terminal acetylenes is 1. The SMILES string of the molecule is C#CCNC(=O)[C@H](NC(=O)OC(C)(C)C)c1ccccc1. The Morgan fingerprint density at radius 3 is 2.43 bits per heavy atom. The average molecular weight is 288 g/mol. The monoisotopic (exact) mass is 288 g/mol. The Balaban J connectivity index is 2.85. The molecule has 0 radical (unpaired) electrons. The van der Waals surface area contributed by atoms with Gasteiger partial charge >= 0.3 is 6.09 Å². The zero-order chi connectivity index (χ0) is 15.9. The van der Waals surface area contributed by atoms with E-state index in [9.17, 15) is 9.59 Å². The molecule has 1 aromatic rings. The van der Waals surface area contributed by atoms with Gasteiger partial charge in [0, 0.05) is 0 Å². The highest BCUT2D eigenvalue weighted by Crippen LogP contribution is 2.14. The smallest absolute Gasteiger partial charge is 0.408 e. The summed E-state index contributed by atoms with van der Waals surface area (Å²) in [7, 11) is 0. The summed E-state index contributed by atoms with van der Waals surface area (Å²) in [6.07, 6.45) is 4.46. The predicted molar refractivity (Wildman–Crippen MR) is 80.4 cm³/mol. The number of amides is 2. The second-order valence-corrected chi connectivity index (χ2v) is 5.41. The summed E-state index contributed by atoms with van der Waals surface area (Å²) < 4.78 is 5.17. The van der Waals surface area contributed by atoms with Crippen LogP contribution < -0.4 is 10.6 Å². The van der Waals surface area contributed by atoms with Crippen LogP contribution in [0.25, 0.3) is 0 Å². The molecule has 112 valence electrons. The maximum atomic E-state index is 12.1. The normalized spacial score (nSPS) is 11.9. The van der Waals surface area contributed by atoms with Gasteiger partial charge in [-0.25, -0.2) is 4.79 Å². The van der Waals surface area contributed by atoms with Crippen molar-refractivity contribution < 1.29 is 14.3 Å². The summed E-state index contributed by atoms with van der Waals surface area (Å²) in [6.45, 7) is 5.35. The van der Waals surface area contributed by atoms with Crippen molar-refractivity contribution in [3.63, 3.8) is 0 Å². The molecule has 0 heterocycles. The van der Waals surface area contributed by atoms with Crippen molar-refractivity contribution in [2.75, 3.05) is 6.54 Å². The molecule has 0 unspecified atom stereocenters. The maximum absolute atomic E-state index is 12.1. The summed E-state index contributed by atoms with van der Waals surface area (Å²) in [5, 5.41) is 5.11. The van der Waals surface area contributed by atoms with E-state index >= 15 is 0 Å². The van der Waals surface area contributed by atoms with Gasteiger partial charge in [-0.2, -0.15) is 0 Å². The number of carbonyl (C=O) groups is 2. The summed E-state index contributed by atoms with van der Waals surface area (Å²) in [5.41, 5.74) is 0.0125. The lowest BCUT2D eigenvalue weighted by Crippen LogP contribution is -2.42. The topological polar surface area (TPSA) is 67.4 Å². The van der Waals surface area contributed by atoms with Crippen molar-refractivity contribution in [2.24, 2.45) is 0 Å². The van der Waals surface area contributed by atoms with E-state index in [2.05, 4.69) is 16.6 Å². The van der Waals surface area contributed by atoms with Crippen LogP contribution in [-0.4, -0.2) is 24.1 Å². The van der Waals surface area contributed by atoms with Crippen molar-refractivity contribution in [3.05, 3.63) is 35.9 Å². The summed E-state index contributed by atoms with van der Waals surface area (Å²) in [4.78, 5) is 24.0. The van der Waals surface area contributed by atoms with Crippen molar-refractivity contribution in [1.29, 1.82) is 0 Å². The highest BCUT2D eigenvalue weighted by Gasteiger charge is 2.25. The van der Waals surface area contributed by atoms with Crippen LogP contribution in [0.2, 0.25) is 0 Å². The van der Waals surface area contributed by atoms with Gasteiger partial charge in [0.05, 0.1) is 6.54 Å². The molecule has 0 aliphatic heterocycles. The van der Waals surface area contributed by atoms with Crippen LogP contribution in [0.15, 0.2) is 30.3 Å². The molecule has 2 N–H and O–H groups in total. The average Bonchev–Trinajstić information content (AvgIpc) is 2.41. The number of hydrogen-bond acceptors (Lipinski definition) is 3. The van der Waals surface area contributed by atoms with E-state index in [0.717, 1.165) is 0 Å². The van der Waals surface area contributed by atoms with E-state index in [1.807, 2.05) is 6.07 Å². The fraction of sp³-hybridized carbons (Fsp3) is 0.375. The first kappa shape index (κ1) is 16.6. The highest BCUT2D eigenvalue weighted by atomic mass is 16.6. The number of alkyl carbamates (subject to hydrolysis) is 1. The fourth-order valence-corrected chi connectivity index (χ4v) is 1.61. The molecule has 0 aromatic heterocycles. The van der Waals surface area contributed by atoms with Crippen LogP contribution in [-0.2, 0) is 9.53 Å². The third-order valence-electron chi connectivity index (χ3n) is 2.42. The molecule has 0 saturated carbocycles. The molecule has 21 heavy (non-hydrogen) atoms. The Labute approximate surface area is 125 Å². The molecule has 5 nitrogen and oxygen atoms in total. The molecular formula is C16H20N2O3. The second-order valence-electron chi connectivity index (χ2n) is 5.41. The van der Waals surface area contributed by atoms with E-state index < -0.39 is 17.7 Å². The molecule has 0 saturated heterocycles. The van der Waals surface area contributed by atoms with E-state index in [1.54, 1.807) is 45.0 Å². The maximum Gasteiger partial charge on any atom is 0.408 e. The minimum atomic E-state index is -0.852. The zero-order valence-electron chi connectivity index (χ0n) is 12.5. The zero-order valence-corrected chi connectivity index (χ0v) is 12.5. The van der Waals surface area contributed by atoms with Gasteiger partial charge in [0.2, 0.25) is 5.91 Å². The number of hydrogen-bond donors (Lipinski definition) is 2. The van der Waals surface area contributed by atoms with Crippen LogP contribution in [0.4, 0.5) is 4.79 Å². The van der Waals surface area contributed by atoms with Crippen molar-refractivity contribution >= 4 is 12.0 Å². The molecular weight excluding hydrogens is 268 g/mol. The van der Waals surface area contributed by atoms with Crippen LogP contribution in [0, 0.1) is 12.3 Å². The van der Waals surface area contributed by atoms with Crippen molar-refractivity contribution in [1.82, 2.24) is 10.6 Å². The predicted octanol–water partition coefficient (Wildman–Crippen LogP) is 2.00. The molecule has 0 spiro atoms. The molecule has 2 amide bonds. The molecule has 1 atom stereocenters.